The van der Waals surface area contributed by atoms with Crippen LogP contribution in [0.4, 0.5) is 0 Å². The number of imidazole rings is 1. The van der Waals surface area contributed by atoms with Gasteiger partial charge in [-0.15, -0.1) is 0 Å². The van der Waals surface area contributed by atoms with Crippen LogP contribution in [-0.4, -0.2) is 78.0 Å². The molecule has 0 spiro atoms. The lowest BCUT2D eigenvalue weighted by molar-refractivity contribution is 0.0319. The highest BCUT2D eigenvalue weighted by molar-refractivity contribution is 5.08. The third-order valence-corrected chi connectivity index (χ3v) is 5.45. The zero-order valence-corrected chi connectivity index (χ0v) is 14.0. The first kappa shape index (κ1) is 15.6. The van der Waals surface area contributed by atoms with Crippen LogP contribution in [0.5, 0.6) is 0 Å². The number of morpholine rings is 1. The fraction of sp³-hybridized carbons (Fsp3) is 0.824. The maximum atomic E-state index is 5.51. The van der Waals surface area contributed by atoms with E-state index in [-0.39, 0.29) is 0 Å². The molecular weight excluding hydrogens is 292 g/mol. The van der Waals surface area contributed by atoms with Crippen molar-refractivity contribution >= 4 is 0 Å². The van der Waals surface area contributed by atoms with Crippen molar-refractivity contribution in [2.75, 3.05) is 52.6 Å². The van der Waals surface area contributed by atoms with Gasteiger partial charge in [0, 0.05) is 71.1 Å². The van der Waals surface area contributed by atoms with Crippen LogP contribution in [0.3, 0.4) is 0 Å². The average molecular weight is 320 g/mol. The van der Waals surface area contributed by atoms with Crippen LogP contribution in [0.2, 0.25) is 0 Å². The number of nitrogens with zero attached hydrogens (tertiary/aromatic N) is 4. The van der Waals surface area contributed by atoms with Crippen molar-refractivity contribution in [2.45, 2.75) is 38.4 Å². The van der Waals surface area contributed by atoms with Crippen molar-refractivity contribution in [3.63, 3.8) is 0 Å². The van der Waals surface area contributed by atoms with Gasteiger partial charge in [-0.3, -0.25) is 9.80 Å². The highest BCUT2D eigenvalue weighted by atomic mass is 16.5. The van der Waals surface area contributed by atoms with E-state index in [4.69, 9.17) is 14.5 Å². The quantitative estimate of drug-likeness (QED) is 0.822. The third kappa shape index (κ3) is 3.60. The predicted octanol–water partition coefficient (Wildman–Crippen LogP) is 0.752. The first-order chi connectivity index (χ1) is 11.4. The fourth-order valence-electron chi connectivity index (χ4n) is 4.04. The predicted molar refractivity (Wildman–Crippen MR) is 87.4 cm³/mol. The number of fused-ring (bicyclic) bond motifs is 1. The molecule has 3 aliphatic heterocycles. The summed E-state index contributed by atoms with van der Waals surface area (Å²) in [5, 5.41) is 0. The van der Waals surface area contributed by atoms with Crippen molar-refractivity contribution in [3.05, 3.63) is 17.7 Å². The second kappa shape index (κ2) is 7.30. The lowest BCUT2D eigenvalue weighted by Crippen LogP contribution is -2.41. The van der Waals surface area contributed by atoms with Crippen LogP contribution in [0.15, 0.2) is 6.20 Å². The summed E-state index contributed by atoms with van der Waals surface area (Å²) in [6.45, 7) is 10.0. The molecule has 0 amide bonds. The lowest BCUT2D eigenvalue weighted by Gasteiger charge is -2.33. The average Bonchev–Trinajstić information content (AvgIpc) is 2.86. The van der Waals surface area contributed by atoms with E-state index in [1.807, 2.05) is 0 Å². The summed E-state index contributed by atoms with van der Waals surface area (Å²) < 4.78 is 13.4. The Labute approximate surface area is 138 Å². The number of hydrogen-bond acceptors (Lipinski definition) is 5. The summed E-state index contributed by atoms with van der Waals surface area (Å²) in [4.78, 5) is 9.86. The highest BCUT2D eigenvalue weighted by Crippen LogP contribution is 2.19. The van der Waals surface area contributed by atoms with E-state index in [1.54, 1.807) is 0 Å². The topological polar surface area (TPSA) is 42.8 Å². The van der Waals surface area contributed by atoms with Crippen LogP contribution in [0.25, 0.3) is 0 Å². The first-order valence-electron chi connectivity index (χ1n) is 9.05. The van der Waals surface area contributed by atoms with E-state index in [2.05, 4.69) is 20.6 Å². The second-order valence-corrected chi connectivity index (χ2v) is 6.84. The Balaban J connectivity index is 1.40. The van der Waals surface area contributed by atoms with E-state index in [0.717, 1.165) is 72.1 Å². The summed E-state index contributed by atoms with van der Waals surface area (Å²) in [6, 6.07) is 0.705. The summed E-state index contributed by atoms with van der Waals surface area (Å²) >= 11 is 0. The molecule has 6 nitrogen and oxygen atoms in total. The van der Waals surface area contributed by atoms with E-state index >= 15 is 0 Å². The number of aromatic nitrogens is 2. The zero-order chi connectivity index (χ0) is 15.5. The van der Waals surface area contributed by atoms with Crippen LogP contribution in [-0.2, 0) is 29.0 Å². The summed E-state index contributed by atoms with van der Waals surface area (Å²) in [5.74, 6) is 1.27. The molecule has 0 saturated carbocycles. The van der Waals surface area contributed by atoms with Gasteiger partial charge in [-0.2, -0.15) is 0 Å². The Morgan fingerprint density at radius 1 is 0.957 bits per heavy atom. The zero-order valence-electron chi connectivity index (χ0n) is 14.0. The molecule has 23 heavy (non-hydrogen) atoms. The van der Waals surface area contributed by atoms with Gasteiger partial charge in [0.25, 0.3) is 0 Å². The van der Waals surface area contributed by atoms with Gasteiger partial charge in [-0.25, -0.2) is 4.98 Å². The molecule has 6 heteroatoms. The second-order valence-electron chi connectivity index (χ2n) is 6.84. The molecule has 4 heterocycles. The van der Waals surface area contributed by atoms with E-state index in [9.17, 15) is 0 Å². The molecule has 0 bridgehead atoms. The van der Waals surface area contributed by atoms with Gasteiger partial charge in [0.15, 0.2) is 0 Å². The largest absolute Gasteiger partial charge is 0.381 e. The van der Waals surface area contributed by atoms with Gasteiger partial charge in [0.2, 0.25) is 0 Å². The van der Waals surface area contributed by atoms with Gasteiger partial charge >= 0.3 is 0 Å². The van der Waals surface area contributed by atoms with Gasteiger partial charge in [-0.05, 0) is 12.8 Å². The Bertz CT molecular complexity index is 507. The van der Waals surface area contributed by atoms with Crippen molar-refractivity contribution < 1.29 is 9.47 Å². The SMILES string of the molecule is c1nc2n(c1CN1CCOCC1)CCN(C1CCOCC1)CC2. The molecule has 2 fully saturated rings. The Morgan fingerprint density at radius 3 is 2.57 bits per heavy atom. The molecule has 1 aromatic rings. The number of hydrogen-bond donors (Lipinski definition) is 0. The molecule has 2 saturated heterocycles. The van der Waals surface area contributed by atoms with E-state index in [0.29, 0.717) is 6.04 Å². The minimum absolute atomic E-state index is 0.705. The molecule has 0 radical (unpaired) electrons. The van der Waals surface area contributed by atoms with Gasteiger partial charge in [0.1, 0.15) is 5.82 Å². The van der Waals surface area contributed by atoms with Crippen molar-refractivity contribution in [2.24, 2.45) is 0 Å². The van der Waals surface area contributed by atoms with Crippen molar-refractivity contribution in [3.8, 4) is 0 Å². The van der Waals surface area contributed by atoms with Crippen molar-refractivity contribution in [1.82, 2.24) is 19.4 Å². The van der Waals surface area contributed by atoms with Gasteiger partial charge in [0.05, 0.1) is 18.9 Å². The number of rotatable bonds is 3. The highest BCUT2D eigenvalue weighted by Gasteiger charge is 2.25. The van der Waals surface area contributed by atoms with E-state index in [1.165, 1.54) is 24.4 Å². The van der Waals surface area contributed by atoms with Crippen LogP contribution < -0.4 is 0 Å². The monoisotopic (exact) mass is 320 g/mol. The molecule has 0 aromatic carbocycles. The van der Waals surface area contributed by atoms with Crippen LogP contribution >= 0.6 is 0 Å². The Morgan fingerprint density at radius 2 is 1.74 bits per heavy atom. The maximum absolute atomic E-state index is 5.51. The molecule has 0 N–H and O–H groups in total. The minimum atomic E-state index is 0.705. The first-order valence-corrected chi connectivity index (χ1v) is 9.05. The van der Waals surface area contributed by atoms with Crippen LogP contribution in [0.1, 0.15) is 24.4 Å². The normalized spacial score (nSPS) is 25.2. The molecule has 3 aliphatic rings. The molecule has 4 rings (SSSR count). The van der Waals surface area contributed by atoms with Crippen LogP contribution in [0, 0.1) is 0 Å². The maximum Gasteiger partial charge on any atom is 0.110 e. The molecule has 0 unspecified atom stereocenters. The van der Waals surface area contributed by atoms with Gasteiger partial charge < -0.3 is 14.0 Å². The Hall–Kier alpha value is -0.950. The smallest absolute Gasteiger partial charge is 0.110 e. The minimum Gasteiger partial charge on any atom is -0.381 e. The van der Waals surface area contributed by atoms with Gasteiger partial charge in [-0.1, -0.05) is 0 Å². The summed E-state index contributed by atoms with van der Waals surface area (Å²) in [6.07, 6.45) is 5.53. The standard InChI is InChI=1S/C17H28N4O2/c1-4-20(15-2-9-22-10-3-15)5-6-21-16(13-18-17(1)21)14-19-7-11-23-12-8-19/h13,15H,1-12,14H2. The molecule has 0 aliphatic carbocycles. The lowest BCUT2D eigenvalue weighted by atomic mass is 10.1. The number of ether oxygens (including phenoxy) is 2. The summed E-state index contributed by atoms with van der Waals surface area (Å²) in [7, 11) is 0. The Kier molecular flexibility index (Phi) is 4.94. The molecule has 128 valence electrons. The molecular formula is C17H28N4O2. The summed E-state index contributed by atoms with van der Waals surface area (Å²) in [5.41, 5.74) is 1.37. The molecule has 1 aromatic heterocycles. The molecule has 0 atom stereocenters. The fourth-order valence-corrected chi connectivity index (χ4v) is 4.04. The van der Waals surface area contributed by atoms with E-state index < -0.39 is 0 Å². The van der Waals surface area contributed by atoms with Crippen molar-refractivity contribution in [1.29, 1.82) is 0 Å². The third-order valence-electron chi connectivity index (χ3n) is 5.45.